The fourth-order valence-electron chi connectivity index (χ4n) is 1.65. The van der Waals surface area contributed by atoms with Gasteiger partial charge in [0.25, 0.3) is 0 Å². The maximum atomic E-state index is 11.7. The van der Waals surface area contributed by atoms with E-state index in [0.29, 0.717) is 18.9 Å². The number of amidine groups is 1. The van der Waals surface area contributed by atoms with Gasteiger partial charge in [0, 0.05) is 7.11 Å². The first-order valence-electron chi connectivity index (χ1n) is 5.89. The van der Waals surface area contributed by atoms with Crippen molar-refractivity contribution in [1.82, 2.24) is 4.90 Å². The van der Waals surface area contributed by atoms with Crippen LogP contribution in [0, 0.1) is 0 Å². The quantitative estimate of drug-likeness (QED) is 0.826. The number of carbonyl (C=O) groups is 1. The minimum Gasteiger partial charge on any atom is -0.497 e. The van der Waals surface area contributed by atoms with Crippen molar-refractivity contribution in [3.63, 3.8) is 0 Å². The second-order valence-corrected chi connectivity index (χ2v) is 4.86. The van der Waals surface area contributed by atoms with E-state index < -0.39 is 0 Å². The van der Waals surface area contributed by atoms with E-state index in [1.54, 1.807) is 19.1 Å². The van der Waals surface area contributed by atoms with Crippen molar-refractivity contribution in [2.24, 2.45) is 4.99 Å². The maximum absolute atomic E-state index is 11.7. The monoisotopic (exact) mass is 280 g/mol. The molecule has 19 heavy (non-hydrogen) atoms. The van der Waals surface area contributed by atoms with Crippen LogP contribution in [0.3, 0.4) is 0 Å². The first-order chi connectivity index (χ1) is 9.24. The van der Waals surface area contributed by atoms with Crippen molar-refractivity contribution in [2.45, 2.75) is 0 Å². The molecule has 5 nitrogen and oxygen atoms in total. The van der Waals surface area contributed by atoms with Crippen LogP contribution in [0.5, 0.6) is 5.75 Å². The standard InChI is InChI=1S/C13H16N2O3S/c1-17-8-7-15-12(16)9-19-13(15)14-10-3-5-11(18-2)6-4-10/h3-6H,7-9H2,1-2H3. The number of aliphatic imine (C=N–C) groups is 1. The molecule has 0 saturated carbocycles. The number of ether oxygens (including phenoxy) is 2. The zero-order valence-electron chi connectivity index (χ0n) is 11.0. The van der Waals surface area contributed by atoms with Crippen LogP contribution in [-0.2, 0) is 9.53 Å². The van der Waals surface area contributed by atoms with Crippen LogP contribution in [0.1, 0.15) is 0 Å². The molecule has 102 valence electrons. The van der Waals surface area contributed by atoms with E-state index in [1.807, 2.05) is 24.3 Å². The third kappa shape index (κ3) is 3.48. The minimum absolute atomic E-state index is 0.0781. The van der Waals surface area contributed by atoms with E-state index in [4.69, 9.17) is 9.47 Å². The van der Waals surface area contributed by atoms with Crippen LogP contribution < -0.4 is 4.74 Å². The highest BCUT2D eigenvalue weighted by atomic mass is 32.2. The topological polar surface area (TPSA) is 51.1 Å². The summed E-state index contributed by atoms with van der Waals surface area (Å²) in [6.45, 7) is 1.05. The average molecular weight is 280 g/mol. The molecule has 1 heterocycles. The summed E-state index contributed by atoms with van der Waals surface area (Å²) in [6, 6.07) is 7.42. The normalized spacial score (nSPS) is 17.3. The van der Waals surface area contributed by atoms with E-state index >= 15 is 0 Å². The SMILES string of the molecule is COCCN1C(=O)CSC1=Nc1ccc(OC)cc1. The van der Waals surface area contributed by atoms with Gasteiger partial charge in [0.2, 0.25) is 5.91 Å². The highest BCUT2D eigenvalue weighted by molar-refractivity contribution is 8.15. The molecule has 1 aromatic rings. The van der Waals surface area contributed by atoms with Gasteiger partial charge in [-0.1, -0.05) is 11.8 Å². The van der Waals surface area contributed by atoms with Gasteiger partial charge in [-0.2, -0.15) is 0 Å². The largest absolute Gasteiger partial charge is 0.497 e. The van der Waals surface area contributed by atoms with Crippen LogP contribution in [0.15, 0.2) is 29.3 Å². The number of hydrogen-bond acceptors (Lipinski definition) is 5. The number of hydrogen-bond donors (Lipinski definition) is 0. The summed E-state index contributed by atoms with van der Waals surface area (Å²) in [6.07, 6.45) is 0. The molecule has 0 radical (unpaired) electrons. The molecule has 0 N–H and O–H groups in total. The predicted octanol–water partition coefficient (Wildman–Crippen LogP) is 1.90. The number of methoxy groups -OCH3 is 2. The van der Waals surface area contributed by atoms with Gasteiger partial charge in [-0.05, 0) is 24.3 Å². The first kappa shape index (κ1) is 13.9. The molecule has 1 fully saturated rings. The van der Waals surface area contributed by atoms with Crippen LogP contribution in [0.4, 0.5) is 5.69 Å². The lowest BCUT2D eigenvalue weighted by Gasteiger charge is -2.15. The average Bonchev–Trinajstić information content (AvgIpc) is 2.78. The van der Waals surface area contributed by atoms with Gasteiger partial charge in [0.05, 0.1) is 31.7 Å². The van der Waals surface area contributed by atoms with Crippen molar-refractivity contribution in [2.75, 3.05) is 33.1 Å². The predicted molar refractivity (Wildman–Crippen MR) is 76.1 cm³/mol. The number of nitrogens with zero attached hydrogens (tertiary/aromatic N) is 2. The molecule has 6 heteroatoms. The van der Waals surface area contributed by atoms with Crippen LogP contribution in [0.2, 0.25) is 0 Å². The second kappa shape index (κ2) is 6.58. The molecule has 1 aromatic carbocycles. The van der Waals surface area contributed by atoms with Gasteiger partial charge < -0.3 is 9.47 Å². The van der Waals surface area contributed by atoms with Gasteiger partial charge in [-0.25, -0.2) is 4.99 Å². The highest BCUT2D eigenvalue weighted by Gasteiger charge is 2.27. The van der Waals surface area contributed by atoms with Crippen molar-refractivity contribution < 1.29 is 14.3 Å². The molecule has 0 aromatic heterocycles. The Morgan fingerprint density at radius 2 is 2.05 bits per heavy atom. The molecule has 2 rings (SSSR count). The minimum atomic E-state index is 0.0781. The summed E-state index contributed by atoms with van der Waals surface area (Å²) in [4.78, 5) is 17.9. The molecule has 1 aliphatic rings. The lowest BCUT2D eigenvalue weighted by molar-refractivity contribution is -0.124. The van der Waals surface area contributed by atoms with Crippen molar-refractivity contribution >= 4 is 28.5 Å². The third-order valence-electron chi connectivity index (χ3n) is 2.67. The molecular formula is C13H16N2O3S. The number of thioether (sulfide) groups is 1. The van der Waals surface area contributed by atoms with Crippen molar-refractivity contribution in [1.29, 1.82) is 0 Å². The summed E-state index contributed by atoms with van der Waals surface area (Å²) in [5.74, 6) is 1.31. The van der Waals surface area contributed by atoms with E-state index in [0.717, 1.165) is 16.6 Å². The Labute approximate surface area is 116 Å². The van der Waals surface area contributed by atoms with Gasteiger partial charge in [-0.15, -0.1) is 0 Å². The fraction of sp³-hybridized carbons (Fsp3) is 0.385. The summed E-state index contributed by atoms with van der Waals surface area (Å²) < 4.78 is 10.1. The summed E-state index contributed by atoms with van der Waals surface area (Å²) in [5, 5.41) is 0.729. The van der Waals surface area contributed by atoms with Crippen LogP contribution in [-0.4, -0.2) is 49.1 Å². The van der Waals surface area contributed by atoms with E-state index in [9.17, 15) is 4.79 Å². The maximum Gasteiger partial charge on any atom is 0.239 e. The third-order valence-corrected chi connectivity index (χ3v) is 3.63. The molecule has 0 bridgehead atoms. The van der Waals surface area contributed by atoms with Gasteiger partial charge in [0.15, 0.2) is 5.17 Å². The number of benzene rings is 1. The Hall–Kier alpha value is -1.53. The van der Waals surface area contributed by atoms with E-state index in [2.05, 4.69) is 4.99 Å². The Kier molecular flexibility index (Phi) is 4.81. The Balaban J connectivity index is 2.13. The highest BCUT2D eigenvalue weighted by Crippen LogP contribution is 2.24. The molecule has 0 spiro atoms. The van der Waals surface area contributed by atoms with Crippen molar-refractivity contribution in [3.8, 4) is 5.75 Å². The zero-order chi connectivity index (χ0) is 13.7. The molecule has 0 unspecified atom stereocenters. The second-order valence-electron chi connectivity index (χ2n) is 3.92. The Morgan fingerprint density at radius 3 is 2.68 bits per heavy atom. The molecular weight excluding hydrogens is 264 g/mol. The van der Waals surface area contributed by atoms with E-state index in [-0.39, 0.29) is 5.91 Å². The number of amides is 1. The number of carbonyl (C=O) groups excluding carboxylic acids is 1. The van der Waals surface area contributed by atoms with Crippen molar-refractivity contribution in [3.05, 3.63) is 24.3 Å². The molecule has 1 amide bonds. The fourth-order valence-corrected chi connectivity index (χ4v) is 2.58. The van der Waals surface area contributed by atoms with Crippen LogP contribution >= 0.6 is 11.8 Å². The van der Waals surface area contributed by atoms with Crippen LogP contribution in [0.25, 0.3) is 0 Å². The lowest BCUT2D eigenvalue weighted by atomic mass is 10.3. The molecule has 1 aliphatic heterocycles. The first-order valence-corrected chi connectivity index (χ1v) is 6.88. The Bertz CT molecular complexity index is 473. The number of rotatable bonds is 5. The Morgan fingerprint density at radius 1 is 1.32 bits per heavy atom. The molecule has 1 saturated heterocycles. The van der Waals surface area contributed by atoms with Gasteiger partial charge in [-0.3, -0.25) is 9.69 Å². The lowest BCUT2D eigenvalue weighted by Crippen LogP contribution is -2.32. The molecule has 0 atom stereocenters. The summed E-state index contributed by atoms with van der Waals surface area (Å²) in [5.41, 5.74) is 0.806. The summed E-state index contributed by atoms with van der Waals surface area (Å²) in [7, 11) is 3.24. The van der Waals surface area contributed by atoms with Gasteiger partial charge in [0.1, 0.15) is 5.75 Å². The zero-order valence-corrected chi connectivity index (χ0v) is 11.8. The smallest absolute Gasteiger partial charge is 0.239 e. The summed E-state index contributed by atoms with van der Waals surface area (Å²) >= 11 is 1.45. The molecule has 0 aliphatic carbocycles. The van der Waals surface area contributed by atoms with E-state index in [1.165, 1.54) is 11.8 Å². The van der Waals surface area contributed by atoms with Gasteiger partial charge >= 0.3 is 0 Å².